The van der Waals surface area contributed by atoms with E-state index in [9.17, 15) is 9.18 Å². The minimum Gasteiger partial charge on any atom is -0.345 e. The smallest absolute Gasteiger partial charge is 0.251 e. The third kappa shape index (κ3) is 4.11. The Kier molecular flexibility index (Phi) is 5.36. The summed E-state index contributed by atoms with van der Waals surface area (Å²) < 4.78 is 13.7. The number of carbonyl (C=O) groups is 1. The van der Waals surface area contributed by atoms with E-state index in [0.717, 1.165) is 34.9 Å². The van der Waals surface area contributed by atoms with Crippen molar-refractivity contribution in [2.75, 3.05) is 0 Å². The van der Waals surface area contributed by atoms with Gasteiger partial charge in [0.05, 0.1) is 6.04 Å². The van der Waals surface area contributed by atoms with E-state index < -0.39 is 0 Å². The van der Waals surface area contributed by atoms with E-state index in [4.69, 9.17) is 0 Å². The first-order valence-corrected chi connectivity index (χ1v) is 10.9. The van der Waals surface area contributed by atoms with Gasteiger partial charge in [-0.05, 0) is 84.9 Å². The van der Waals surface area contributed by atoms with Crippen molar-refractivity contribution >= 4 is 21.8 Å². The third-order valence-electron chi connectivity index (χ3n) is 5.93. The molecule has 0 bridgehead atoms. The molecular formula is C23H25BrFNO. The number of halogens is 2. The second-order valence-electron chi connectivity index (χ2n) is 8.02. The molecule has 2 saturated carbocycles. The van der Waals surface area contributed by atoms with Crippen molar-refractivity contribution in [3.8, 4) is 0 Å². The number of hydrogen-bond acceptors (Lipinski definition) is 1. The molecule has 0 saturated heterocycles. The largest absolute Gasteiger partial charge is 0.345 e. The number of amides is 1. The number of rotatable bonds is 6. The molecule has 0 radical (unpaired) electrons. The molecule has 2 fully saturated rings. The average Bonchev–Trinajstić information content (AvgIpc) is 3.45. The summed E-state index contributed by atoms with van der Waals surface area (Å²) in [5.41, 5.74) is 4.79. The summed E-state index contributed by atoms with van der Waals surface area (Å²) in [5.74, 6) is 0.811. The lowest BCUT2D eigenvalue weighted by Gasteiger charge is -2.27. The zero-order valence-corrected chi connectivity index (χ0v) is 17.2. The zero-order chi connectivity index (χ0) is 19.0. The Labute approximate surface area is 168 Å². The van der Waals surface area contributed by atoms with Crippen molar-refractivity contribution < 1.29 is 9.18 Å². The molecule has 2 aromatic rings. The van der Waals surface area contributed by atoms with Crippen molar-refractivity contribution in [1.82, 2.24) is 5.32 Å². The predicted octanol–water partition coefficient (Wildman–Crippen LogP) is 6.18. The third-order valence-corrected chi connectivity index (χ3v) is 6.58. The second kappa shape index (κ2) is 7.75. The lowest BCUT2D eigenvalue weighted by molar-refractivity contribution is 0.0931. The monoisotopic (exact) mass is 429 g/mol. The first-order chi connectivity index (χ1) is 13.0. The van der Waals surface area contributed by atoms with Crippen molar-refractivity contribution in [3.05, 3.63) is 70.0 Å². The van der Waals surface area contributed by atoms with Crippen LogP contribution in [0.1, 0.15) is 76.7 Å². The van der Waals surface area contributed by atoms with Crippen LogP contribution in [0.2, 0.25) is 0 Å². The summed E-state index contributed by atoms with van der Waals surface area (Å²) >= 11 is 3.53. The van der Waals surface area contributed by atoms with Gasteiger partial charge in [0.25, 0.3) is 5.91 Å². The first kappa shape index (κ1) is 18.7. The summed E-state index contributed by atoms with van der Waals surface area (Å²) in [7, 11) is 0. The zero-order valence-electron chi connectivity index (χ0n) is 15.6. The molecule has 0 spiro atoms. The van der Waals surface area contributed by atoms with E-state index in [1.54, 1.807) is 13.0 Å². The van der Waals surface area contributed by atoms with E-state index in [1.807, 2.05) is 12.1 Å². The highest BCUT2D eigenvalue weighted by Gasteiger charge is 2.34. The van der Waals surface area contributed by atoms with Gasteiger partial charge < -0.3 is 5.32 Å². The van der Waals surface area contributed by atoms with Crippen LogP contribution in [0.5, 0.6) is 0 Å². The van der Waals surface area contributed by atoms with Gasteiger partial charge in [0.2, 0.25) is 0 Å². The van der Waals surface area contributed by atoms with Gasteiger partial charge in [0.15, 0.2) is 0 Å². The Morgan fingerprint density at radius 3 is 2.56 bits per heavy atom. The van der Waals surface area contributed by atoms with Gasteiger partial charge >= 0.3 is 0 Å². The maximum atomic E-state index is 13.7. The number of nitrogens with one attached hydrogen (secondary N) is 1. The van der Waals surface area contributed by atoms with Gasteiger partial charge in [-0.2, -0.15) is 0 Å². The van der Waals surface area contributed by atoms with Crippen molar-refractivity contribution in [2.24, 2.45) is 5.92 Å². The molecule has 1 N–H and O–H groups in total. The van der Waals surface area contributed by atoms with Gasteiger partial charge in [-0.25, -0.2) is 4.39 Å². The fourth-order valence-electron chi connectivity index (χ4n) is 3.89. The minimum absolute atomic E-state index is 0.0303. The SMILES string of the molecule is Cc1cc(C(NC(=O)c2cc(CBr)cc(C3CCC3)c2)C2CC2)ccc1F. The maximum Gasteiger partial charge on any atom is 0.251 e. The topological polar surface area (TPSA) is 29.1 Å². The molecule has 142 valence electrons. The van der Waals surface area contributed by atoms with Crippen LogP contribution < -0.4 is 5.32 Å². The molecule has 4 heteroatoms. The van der Waals surface area contributed by atoms with Crippen molar-refractivity contribution in [1.29, 1.82) is 0 Å². The Balaban J connectivity index is 1.58. The van der Waals surface area contributed by atoms with Crippen LogP contribution >= 0.6 is 15.9 Å². The van der Waals surface area contributed by atoms with E-state index in [2.05, 4.69) is 33.4 Å². The van der Waals surface area contributed by atoms with Crippen LogP contribution in [-0.2, 0) is 5.33 Å². The molecule has 1 amide bonds. The average molecular weight is 430 g/mol. The molecule has 27 heavy (non-hydrogen) atoms. The van der Waals surface area contributed by atoms with Gasteiger partial charge in [0.1, 0.15) is 5.82 Å². The van der Waals surface area contributed by atoms with Crippen LogP contribution in [0.25, 0.3) is 0 Å². The normalized spacial score (nSPS) is 18.0. The Bertz CT molecular complexity index is 857. The number of carbonyl (C=O) groups excluding carboxylic acids is 1. The number of hydrogen-bond donors (Lipinski definition) is 1. The van der Waals surface area contributed by atoms with Crippen molar-refractivity contribution in [3.63, 3.8) is 0 Å². The van der Waals surface area contributed by atoms with Crippen LogP contribution in [0.4, 0.5) is 4.39 Å². The van der Waals surface area contributed by atoms with Gasteiger partial charge in [-0.3, -0.25) is 4.79 Å². The highest BCUT2D eigenvalue weighted by molar-refractivity contribution is 9.08. The van der Waals surface area contributed by atoms with Crippen LogP contribution in [0.3, 0.4) is 0 Å². The van der Waals surface area contributed by atoms with E-state index in [0.29, 0.717) is 17.4 Å². The Morgan fingerprint density at radius 1 is 1.19 bits per heavy atom. The summed E-state index contributed by atoms with van der Waals surface area (Å²) in [4.78, 5) is 13.1. The van der Waals surface area contributed by atoms with E-state index >= 15 is 0 Å². The molecule has 1 unspecified atom stereocenters. The molecule has 0 aromatic heterocycles. The fourth-order valence-corrected chi connectivity index (χ4v) is 4.22. The summed E-state index contributed by atoms with van der Waals surface area (Å²) in [6.45, 7) is 1.77. The number of alkyl halides is 1. The highest BCUT2D eigenvalue weighted by Crippen LogP contribution is 2.42. The molecular weight excluding hydrogens is 405 g/mol. The van der Waals surface area contributed by atoms with Crippen LogP contribution in [-0.4, -0.2) is 5.91 Å². The highest BCUT2D eigenvalue weighted by atomic mass is 79.9. The lowest BCUT2D eigenvalue weighted by atomic mass is 9.79. The van der Waals surface area contributed by atoms with E-state index in [1.165, 1.54) is 30.9 Å². The number of benzene rings is 2. The van der Waals surface area contributed by atoms with E-state index in [-0.39, 0.29) is 17.8 Å². The first-order valence-electron chi connectivity index (χ1n) is 9.82. The fraction of sp³-hybridized carbons (Fsp3) is 0.435. The minimum atomic E-state index is -0.199. The Morgan fingerprint density at radius 2 is 1.96 bits per heavy atom. The molecule has 1 atom stereocenters. The quantitative estimate of drug-likeness (QED) is 0.545. The molecule has 0 heterocycles. The second-order valence-corrected chi connectivity index (χ2v) is 8.58. The summed E-state index contributed by atoms with van der Waals surface area (Å²) in [5, 5.41) is 3.98. The van der Waals surface area contributed by atoms with Crippen LogP contribution in [0, 0.1) is 18.7 Å². The summed E-state index contributed by atoms with van der Waals surface area (Å²) in [6, 6.07) is 11.4. The van der Waals surface area contributed by atoms with Crippen molar-refractivity contribution in [2.45, 2.75) is 56.3 Å². The van der Waals surface area contributed by atoms with Gasteiger partial charge in [0, 0.05) is 10.9 Å². The molecule has 2 aromatic carbocycles. The molecule has 4 rings (SSSR count). The van der Waals surface area contributed by atoms with Gasteiger partial charge in [-0.1, -0.05) is 40.5 Å². The Hall–Kier alpha value is -1.68. The van der Waals surface area contributed by atoms with Crippen LogP contribution in [0.15, 0.2) is 36.4 Å². The molecule has 0 aliphatic heterocycles. The molecule has 2 aliphatic carbocycles. The summed E-state index contributed by atoms with van der Waals surface area (Å²) in [6.07, 6.45) is 5.92. The molecule has 2 aliphatic rings. The standard InChI is InChI=1S/C23H25BrFNO/c1-14-9-18(7-8-21(14)25)22(17-5-6-17)26-23(27)20-11-15(13-24)10-19(12-20)16-3-2-4-16/h7-12,16-17,22H,2-6,13H2,1H3,(H,26,27). The molecule has 2 nitrogen and oxygen atoms in total. The maximum absolute atomic E-state index is 13.7. The lowest BCUT2D eigenvalue weighted by Crippen LogP contribution is -2.30. The number of aryl methyl sites for hydroxylation is 1. The predicted molar refractivity (Wildman–Crippen MR) is 110 cm³/mol. The van der Waals surface area contributed by atoms with Gasteiger partial charge in [-0.15, -0.1) is 0 Å².